The smallest absolute Gasteiger partial charge is 0.331 e. The summed E-state index contributed by atoms with van der Waals surface area (Å²) in [5, 5.41) is 0. The lowest BCUT2D eigenvalue weighted by molar-refractivity contribution is -0.142. The standard InChI is InChI=1S/C14H14O5/c15-14(19-11-5-6-16-8-11)4-2-10-1-3-12-13(7-10)18-9-17-12/h1-4,7,11H,5-6,8-9H2/b4-2-/t11-/m0/s1. The lowest BCUT2D eigenvalue weighted by Gasteiger charge is -2.07. The average molecular weight is 262 g/mol. The van der Waals surface area contributed by atoms with Crippen molar-refractivity contribution in [3.8, 4) is 11.5 Å². The van der Waals surface area contributed by atoms with Crippen molar-refractivity contribution in [2.24, 2.45) is 0 Å². The molecule has 2 aliphatic rings. The molecule has 5 heteroatoms. The zero-order chi connectivity index (χ0) is 13.1. The number of hydrogen-bond donors (Lipinski definition) is 0. The van der Waals surface area contributed by atoms with Gasteiger partial charge in [-0.3, -0.25) is 0 Å². The minimum absolute atomic E-state index is 0.117. The van der Waals surface area contributed by atoms with Crippen LogP contribution in [-0.4, -0.2) is 32.1 Å². The van der Waals surface area contributed by atoms with Gasteiger partial charge < -0.3 is 18.9 Å². The third-order valence-electron chi connectivity index (χ3n) is 2.98. The third-order valence-corrected chi connectivity index (χ3v) is 2.98. The van der Waals surface area contributed by atoms with E-state index < -0.39 is 0 Å². The Morgan fingerprint density at radius 2 is 2.21 bits per heavy atom. The molecule has 19 heavy (non-hydrogen) atoms. The molecule has 0 radical (unpaired) electrons. The highest BCUT2D eigenvalue weighted by atomic mass is 16.7. The molecule has 1 fully saturated rings. The molecule has 0 N–H and O–H groups in total. The molecule has 0 spiro atoms. The molecule has 0 amide bonds. The lowest BCUT2D eigenvalue weighted by Crippen LogP contribution is -2.16. The van der Waals surface area contributed by atoms with Crippen LogP contribution in [0.2, 0.25) is 0 Å². The highest BCUT2D eigenvalue weighted by molar-refractivity contribution is 5.87. The number of ether oxygens (including phenoxy) is 4. The lowest BCUT2D eigenvalue weighted by atomic mass is 10.2. The molecule has 5 nitrogen and oxygen atoms in total. The van der Waals surface area contributed by atoms with Crippen LogP contribution in [0.4, 0.5) is 0 Å². The van der Waals surface area contributed by atoms with E-state index in [4.69, 9.17) is 18.9 Å². The Labute approximate surface area is 110 Å². The topological polar surface area (TPSA) is 54.0 Å². The third kappa shape index (κ3) is 2.88. The van der Waals surface area contributed by atoms with Gasteiger partial charge in [-0.15, -0.1) is 0 Å². The summed E-state index contributed by atoms with van der Waals surface area (Å²) in [4.78, 5) is 11.6. The Morgan fingerprint density at radius 3 is 3.05 bits per heavy atom. The van der Waals surface area contributed by atoms with Gasteiger partial charge in [-0.2, -0.15) is 0 Å². The van der Waals surface area contributed by atoms with Crippen LogP contribution in [0.25, 0.3) is 6.08 Å². The van der Waals surface area contributed by atoms with Crippen molar-refractivity contribution in [2.45, 2.75) is 12.5 Å². The number of benzene rings is 1. The fraction of sp³-hybridized carbons (Fsp3) is 0.357. The number of hydrogen-bond acceptors (Lipinski definition) is 5. The fourth-order valence-electron chi connectivity index (χ4n) is 1.99. The maximum Gasteiger partial charge on any atom is 0.331 e. The van der Waals surface area contributed by atoms with Gasteiger partial charge in [0.05, 0.1) is 13.2 Å². The molecule has 1 aromatic rings. The summed E-state index contributed by atoms with van der Waals surface area (Å²) in [5.74, 6) is 1.07. The van der Waals surface area contributed by atoms with Crippen LogP contribution in [0.3, 0.4) is 0 Å². The summed E-state index contributed by atoms with van der Waals surface area (Å²) in [7, 11) is 0. The van der Waals surface area contributed by atoms with E-state index in [1.54, 1.807) is 6.08 Å². The summed E-state index contributed by atoms with van der Waals surface area (Å²) >= 11 is 0. The van der Waals surface area contributed by atoms with Crippen molar-refractivity contribution in [1.82, 2.24) is 0 Å². The summed E-state index contributed by atoms with van der Waals surface area (Å²) in [6.45, 7) is 1.39. The maximum absolute atomic E-state index is 11.6. The van der Waals surface area contributed by atoms with Crippen LogP contribution in [-0.2, 0) is 14.3 Å². The quantitative estimate of drug-likeness (QED) is 0.613. The van der Waals surface area contributed by atoms with Crippen molar-refractivity contribution in [3.63, 3.8) is 0 Å². The van der Waals surface area contributed by atoms with Crippen LogP contribution in [0.15, 0.2) is 24.3 Å². The van der Waals surface area contributed by atoms with Crippen LogP contribution < -0.4 is 9.47 Å². The van der Waals surface area contributed by atoms with E-state index in [0.29, 0.717) is 19.0 Å². The number of fused-ring (bicyclic) bond motifs is 1. The van der Waals surface area contributed by atoms with Crippen molar-refractivity contribution in [2.75, 3.05) is 20.0 Å². The molecular weight excluding hydrogens is 248 g/mol. The molecule has 100 valence electrons. The van der Waals surface area contributed by atoms with Crippen LogP contribution in [0.1, 0.15) is 12.0 Å². The molecule has 1 saturated heterocycles. The van der Waals surface area contributed by atoms with Crippen LogP contribution in [0, 0.1) is 0 Å². The molecule has 0 unspecified atom stereocenters. The molecule has 2 heterocycles. The van der Waals surface area contributed by atoms with Crippen molar-refractivity contribution < 1.29 is 23.7 Å². The van der Waals surface area contributed by atoms with E-state index in [0.717, 1.165) is 17.7 Å². The predicted octanol–water partition coefficient (Wildman–Crippen LogP) is 1.76. The molecule has 0 aliphatic carbocycles. The Balaban J connectivity index is 1.60. The Hall–Kier alpha value is -2.01. The monoisotopic (exact) mass is 262 g/mol. The molecule has 0 aromatic heterocycles. The first-order valence-corrected chi connectivity index (χ1v) is 6.17. The molecule has 2 aliphatic heterocycles. The minimum atomic E-state index is -0.354. The highest BCUT2D eigenvalue weighted by Gasteiger charge is 2.18. The number of carbonyl (C=O) groups is 1. The van der Waals surface area contributed by atoms with Crippen LogP contribution in [0.5, 0.6) is 11.5 Å². The first-order chi connectivity index (χ1) is 9.31. The minimum Gasteiger partial charge on any atom is -0.457 e. The van der Waals surface area contributed by atoms with Crippen molar-refractivity contribution >= 4 is 12.0 Å². The maximum atomic E-state index is 11.6. The molecule has 1 atom stereocenters. The van der Waals surface area contributed by atoms with E-state index in [9.17, 15) is 4.79 Å². The first-order valence-electron chi connectivity index (χ1n) is 6.17. The van der Waals surface area contributed by atoms with Gasteiger partial charge in [0.25, 0.3) is 0 Å². The normalized spacial score (nSPS) is 20.9. The predicted molar refractivity (Wildman–Crippen MR) is 66.9 cm³/mol. The van der Waals surface area contributed by atoms with Gasteiger partial charge in [-0.1, -0.05) is 6.07 Å². The molecule has 1 aromatic carbocycles. The number of rotatable bonds is 3. The Kier molecular flexibility index (Phi) is 3.37. The summed E-state index contributed by atoms with van der Waals surface area (Å²) in [6.07, 6.45) is 3.76. The van der Waals surface area contributed by atoms with Crippen molar-refractivity contribution in [3.05, 3.63) is 29.8 Å². The van der Waals surface area contributed by atoms with Gasteiger partial charge in [0.2, 0.25) is 6.79 Å². The fourth-order valence-corrected chi connectivity index (χ4v) is 1.99. The van der Waals surface area contributed by atoms with E-state index in [1.165, 1.54) is 6.08 Å². The second-order valence-corrected chi connectivity index (χ2v) is 4.37. The van der Waals surface area contributed by atoms with Crippen LogP contribution >= 0.6 is 0 Å². The number of carbonyl (C=O) groups excluding carboxylic acids is 1. The van der Waals surface area contributed by atoms with E-state index in [-0.39, 0.29) is 18.9 Å². The van der Waals surface area contributed by atoms with Gasteiger partial charge >= 0.3 is 5.97 Å². The van der Waals surface area contributed by atoms with Gasteiger partial charge in [0.1, 0.15) is 6.10 Å². The Morgan fingerprint density at radius 1 is 1.32 bits per heavy atom. The van der Waals surface area contributed by atoms with E-state index >= 15 is 0 Å². The number of esters is 1. The van der Waals surface area contributed by atoms with E-state index in [1.807, 2.05) is 18.2 Å². The molecule has 0 saturated carbocycles. The molecule has 3 rings (SSSR count). The highest BCUT2D eigenvalue weighted by Crippen LogP contribution is 2.32. The zero-order valence-electron chi connectivity index (χ0n) is 10.3. The zero-order valence-corrected chi connectivity index (χ0v) is 10.3. The second-order valence-electron chi connectivity index (χ2n) is 4.37. The molecular formula is C14H14O5. The molecule has 0 bridgehead atoms. The average Bonchev–Trinajstić information content (AvgIpc) is 3.06. The van der Waals surface area contributed by atoms with Gasteiger partial charge in [0, 0.05) is 12.5 Å². The largest absolute Gasteiger partial charge is 0.457 e. The van der Waals surface area contributed by atoms with Gasteiger partial charge in [0.15, 0.2) is 11.5 Å². The second kappa shape index (κ2) is 5.32. The van der Waals surface area contributed by atoms with Crippen molar-refractivity contribution in [1.29, 1.82) is 0 Å². The van der Waals surface area contributed by atoms with Gasteiger partial charge in [-0.05, 0) is 23.8 Å². The first kappa shape index (κ1) is 12.0. The van der Waals surface area contributed by atoms with Gasteiger partial charge in [-0.25, -0.2) is 4.79 Å². The summed E-state index contributed by atoms with van der Waals surface area (Å²) in [5.41, 5.74) is 0.865. The summed E-state index contributed by atoms with van der Waals surface area (Å²) in [6, 6.07) is 5.50. The van der Waals surface area contributed by atoms with E-state index in [2.05, 4.69) is 0 Å². The Bertz CT molecular complexity index is 503. The SMILES string of the molecule is O=C(/C=C\c1ccc2c(c1)OCO2)O[C@H]1CCOC1. The summed E-state index contributed by atoms with van der Waals surface area (Å²) < 4.78 is 20.8.